The van der Waals surface area contributed by atoms with Crippen molar-refractivity contribution >= 4 is 5.91 Å². The third-order valence-electron chi connectivity index (χ3n) is 5.62. The Labute approximate surface area is 185 Å². The quantitative estimate of drug-likeness (QED) is 0.184. The van der Waals surface area contributed by atoms with E-state index in [0.717, 1.165) is 12.8 Å². The van der Waals surface area contributed by atoms with E-state index >= 15 is 0 Å². The Morgan fingerprint density at radius 1 is 0.733 bits per heavy atom. The average Bonchev–Trinajstić information content (AvgIpc) is 2.73. The molecular formula is C26H45NO3. The molecule has 0 aliphatic carbocycles. The summed E-state index contributed by atoms with van der Waals surface area (Å²) in [6, 6.07) is 6.45. The number of carbonyl (C=O) groups excluding carboxylic acids is 1. The second-order valence-electron chi connectivity index (χ2n) is 8.51. The molecule has 4 nitrogen and oxygen atoms in total. The molecule has 0 aromatic heterocycles. The number of rotatable bonds is 19. The number of hydrogen-bond acceptors (Lipinski definition) is 3. The molecule has 0 aliphatic heterocycles. The van der Waals surface area contributed by atoms with Gasteiger partial charge in [-0.3, -0.25) is 4.79 Å². The normalized spacial score (nSPS) is 10.9. The van der Waals surface area contributed by atoms with E-state index in [4.69, 9.17) is 4.84 Å². The van der Waals surface area contributed by atoms with Gasteiger partial charge in [-0.05, 0) is 30.7 Å². The molecule has 0 aliphatic rings. The summed E-state index contributed by atoms with van der Waals surface area (Å²) in [4.78, 5) is 17.4. The summed E-state index contributed by atoms with van der Waals surface area (Å²) >= 11 is 0. The van der Waals surface area contributed by atoms with Gasteiger partial charge in [0, 0.05) is 6.92 Å². The van der Waals surface area contributed by atoms with Crippen LogP contribution < -0.4 is 4.84 Å². The zero-order chi connectivity index (χ0) is 21.9. The van der Waals surface area contributed by atoms with Gasteiger partial charge in [0.15, 0.2) is 5.75 Å². The summed E-state index contributed by atoms with van der Waals surface area (Å²) in [6.45, 7) is 4.40. The maximum Gasteiger partial charge on any atom is 0.252 e. The molecule has 1 amide bonds. The first-order chi connectivity index (χ1) is 14.6. The first kappa shape index (κ1) is 26.3. The zero-order valence-corrected chi connectivity index (χ0v) is 19.5. The highest BCUT2D eigenvalue weighted by Crippen LogP contribution is 2.18. The summed E-state index contributed by atoms with van der Waals surface area (Å²) in [5.74, 6) is 0.665. The van der Waals surface area contributed by atoms with Gasteiger partial charge in [0.05, 0.1) is 6.54 Å². The summed E-state index contributed by atoms with van der Waals surface area (Å²) in [6.07, 6.45) is 21.4. The molecule has 0 unspecified atom stereocenters. The molecule has 30 heavy (non-hydrogen) atoms. The monoisotopic (exact) mass is 419 g/mol. The molecule has 1 aromatic carbocycles. The van der Waals surface area contributed by atoms with Crippen molar-refractivity contribution in [3.8, 4) is 11.5 Å². The lowest BCUT2D eigenvalue weighted by Gasteiger charge is -2.21. The zero-order valence-electron chi connectivity index (χ0n) is 19.5. The fourth-order valence-electron chi connectivity index (χ4n) is 3.71. The number of hydrogen-bond donors (Lipinski definition) is 1. The number of carbonyl (C=O) groups is 1. The molecule has 1 N–H and O–H groups in total. The molecular weight excluding hydrogens is 374 g/mol. The maximum absolute atomic E-state index is 11.8. The van der Waals surface area contributed by atoms with Gasteiger partial charge in [-0.15, -0.1) is 0 Å². The highest BCUT2D eigenvalue weighted by molar-refractivity contribution is 5.72. The Bertz CT molecular complexity index is 530. The first-order valence-corrected chi connectivity index (χ1v) is 12.4. The molecule has 0 spiro atoms. The number of hydroxylamine groups is 2. The number of amides is 1. The van der Waals surface area contributed by atoms with Crippen molar-refractivity contribution < 1.29 is 14.7 Å². The van der Waals surface area contributed by atoms with Gasteiger partial charge in [0.25, 0.3) is 5.91 Å². The van der Waals surface area contributed by atoms with Crippen LogP contribution in [0.4, 0.5) is 0 Å². The Kier molecular flexibility index (Phi) is 15.9. The van der Waals surface area contributed by atoms with Gasteiger partial charge in [0.1, 0.15) is 5.75 Å². The molecule has 1 rings (SSSR count). The third kappa shape index (κ3) is 14.3. The van der Waals surface area contributed by atoms with Crippen molar-refractivity contribution in [2.24, 2.45) is 0 Å². The molecule has 0 radical (unpaired) electrons. The number of unbranched alkanes of at least 4 members (excludes halogenated alkanes) is 15. The minimum absolute atomic E-state index is 0.0935. The number of benzene rings is 1. The van der Waals surface area contributed by atoms with Crippen LogP contribution in [0.2, 0.25) is 0 Å². The van der Waals surface area contributed by atoms with E-state index in [-0.39, 0.29) is 11.7 Å². The molecule has 0 saturated carbocycles. The van der Waals surface area contributed by atoms with Gasteiger partial charge in [-0.2, -0.15) is 5.06 Å². The van der Waals surface area contributed by atoms with Crippen LogP contribution in [-0.2, 0) is 4.79 Å². The van der Waals surface area contributed by atoms with Crippen LogP contribution in [0.25, 0.3) is 0 Å². The smallest absolute Gasteiger partial charge is 0.252 e. The second-order valence-corrected chi connectivity index (χ2v) is 8.51. The van der Waals surface area contributed by atoms with Crippen molar-refractivity contribution in [1.29, 1.82) is 0 Å². The second kappa shape index (κ2) is 18.1. The predicted molar refractivity (Wildman–Crippen MR) is 126 cm³/mol. The van der Waals surface area contributed by atoms with E-state index in [0.29, 0.717) is 12.3 Å². The lowest BCUT2D eigenvalue weighted by molar-refractivity contribution is -0.155. The number of phenolic OH excluding ortho intramolecular Hbond substituents is 1. The highest BCUT2D eigenvalue weighted by Gasteiger charge is 2.10. The minimum Gasteiger partial charge on any atom is -0.508 e. The van der Waals surface area contributed by atoms with E-state index in [9.17, 15) is 9.90 Å². The van der Waals surface area contributed by atoms with Gasteiger partial charge < -0.3 is 9.94 Å². The lowest BCUT2D eigenvalue weighted by atomic mass is 10.0. The molecule has 172 valence electrons. The summed E-state index contributed by atoms with van der Waals surface area (Å²) in [5, 5.41) is 10.7. The fourth-order valence-corrected chi connectivity index (χ4v) is 3.71. The first-order valence-electron chi connectivity index (χ1n) is 12.4. The molecule has 1 aromatic rings. The average molecular weight is 420 g/mol. The lowest BCUT2D eigenvalue weighted by Crippen LogP contribution is -2.33. The minimum atomic E-state index is -0.0935. The Hall–Kier alpha value is -1.71. The highest BCUT2D eigenvalue weighted by atomic mass is 16.7. The summed E-state index contributed by atoms with van der Waals surface area (Å²) in [5.41, 5.74) is 0. The molecule has 0 fully saturated rings. The van der Waals surface area contributed by atoms with Crippen LogP contribution in [-0.4, -0.2) is 22.6 Å². The predicted octanol–water partition coefficient (Wildman–Crippen LogP) is 7.80. The van der Waals surface area contributed by atoms with E-state index < -0.39 is 0 Å². The van der Waals surface area contributed by atoms with E-state index in [2.05, 4.69) is 6.92 Å². The van der Waals surface area contributed by atoms with Crippen LogP contribution >= 0.6 is 0 Å². The van der Waals surface area contributed by atoms with Crippen molar-refractivity contribution in [1.82, 2.24) is 5.06 Å². The Balaban J connectivity index is 1.92. The van der Waals surface area contributed by atoms with Crippen molar-refractivity contribution in [2.75, 3.05) is 6.54 Å². The van der Waals surface area contributed by atoms with Crippen LogP contribution in [0.5, 0.6) is 11.5 Å². The standard InChI is InChI=1S/C26H45NO3/c1-3-4-5-6-7-8-9-10-11-12-13-14-15-16-17-18-23-27(24(2)28)30-26-21-19-25(29)20-22-26/h19-22,29H,3-18,23H2,1-2H3. The SMILES string of the molecule is CCCCCCCCCCCCCCCCCCN(Oc1ccc(O)cc1)C(C)=O. The fraction of sp³-hybridized carbons (Fsp3) is 0.731. The van der Waals surface area contributed by atoms with Crippen LogP contribution in [0.3, 0.4) is 0 Å². The van der Waals surface area contributed by atoms with Gasteiger partial charge in [0.2, 0.25) is 0 Å². The van der Waals surface area contributed by atoms with Crippen molar-refractivity contribution in [3.63, 3.8) is 0 Å². The van der Waals surface area contributed by atoms with Gasteiger partial charge in [-0.1, -0.05) is 103 Å². The topological polar surface area (TPSA) is 49.8 Å². The van der Waals surface area contributed by atoms with Crippen molar-refractivity contribution in [2.45, 2.75) is 117 Å². The molecule has 0 heterocycles. The molecule has 0 bridgehead atoms. The Morgan fingerprint density at radius 2 is 1.13 bits per heavy atom. The van der Waals surface area contributed by atoms with Crippen molar-refractivity contribution in [3.05, 3.63) is 24.3 Å². The number of phenols is 1. The van der Waals surface area contributed by atoms with E-state index in [1.807, 2.05) is 0 Å². The summed E-state index contributed by atoms with van der Waals surface area (Å²) < 4.78 is 0. The van der Waals surface area contributed by atoms with Gasteiger partial charge in [-0.25, -0.2) is 0 Å². The largest absolute Gasteiger partial charge is 0.508 e. The molecule has 0 saturated heterocycles. The number of aromatic hydroxyl groups is 1. The third-order valence-corrected chi connectivity index (χ3v) is 5.62. The van der Waals surface area contributed by atoms with Crippen LogP contribution in [0.1, 0.15) is 117 Å². The number of nitrogens with zero attached hydrogens (tertiary/aromatic N) is 1. The van der Waals surface area contributed by atoms with Gasteiger partial charge >= 0.3 is 0 Å². The van der Waals surface area contributed by atoms with Crippen LogP contribution in [0.15, 0.2) is 24.3 Å². The summed E-state index contributed by atoms with van der Waals surface area (Å²) in [7, 11) is 0. The van der Waals surface area contributed by atoms with E-state index in [1.165, 1.54) is 102 Å². The Morgan fingerprint density at radius 3 is 1.53 bits per heavy atom. The van der Waals surface area contributed by atoms with E-state index in [1.54, 1.807) is 24.3 Å². The van der Waals surface area contributed by atoms with Crippen LogP contribution in [0, 0.1) is 0 Å². The molecule has 4 heteroatoms. The molecule has 0 atom stereocenters. The maximum atomic E-state index is 11.8.